The predicted molar refractivity (Wildman–Crippen MR) is 75.0 cm³/mol. The second-order valence-corrected chi connectivity index (χ2v) is 4.94. The van der Waals surface area contributed by atoms with Gasteiger partial charge in [-0.25, -0.2) is 4.79 Å². The lowest BCUT2D eigenvalue weighted by Gasteiger charge is -2.24. The van der Waals surface area contributed by atoms with Crippen LogP contribution in [-0.2, 0) is 14.2 Å². The van der Waals surface area contributed by atoms with Gasteiger partial charge in [0.2, 0.25) is 0 Å². The van der Waals surface area contributed by atoms with Crippen molar-refractivity contribution in [2.75, 3.05) is 13.9 Å². The fraction of sp³-hybridized carbons (Fsp3) is 0.417. The van der Waals surface area contributed by atoms with Crippen LogP contribution in [0, 0.1) is 3.57 Å². The van der Waals surface area contributed by atoms with Gasteiger partial charge in [-0.15, -0.1) is 0 Å². The van der Waals surface area contributed by atoms with E-state index in [9.17, 15) is 4.79 Å². The number of rotatable bonds is 6. The van der Waals surface area contributed by atoms with Crippen molar-refractivity contribution in [3.05, 3.63) is 33.4 Å². The first kappa shape index (κ1) is 15.2. The van der Waals surface area contributed by atoms with Crippen molar-refractivity contribution in [3.63, 3.8) is 0 Å². The number of halogens is 1. The molecule has 1 rings (SSSR count). The highest BCUT2D eigenvalue weighted by atomic mass is 127. The van der Waals surface area contributed by atoms with Crippen LogP contribution in [-0.4, -0.2) is 26.1 Å². The minimum atomic E-state index is -0.820. The average molecular weight is 365 g/mol. The van der Waals surface area contributed by atoms with E-state index < -0.39 is 18.3 Å². The normalized spacial score (nSPS) is 13.9. The summed E-state index contributed by atoms with van der Waals surface area (Å²) in [6.07, 6.45) is -1.72. The quantitative estimate of drug-likeness (QED) is 0.621. The zero-order valence-corrected chi connectivity index (χ0v) is 12.4. The molecule has 0 fully saturated rings. The molecule has 1 aromatic carbocycles. The van der Waals surface area contributed by atoms with E-state index in [1.165, 1.54) is 7.11 Å². The topological polar surface area (TPSA) is 70.8 Å². The molecule has 6 heteroatoms. The SMILES string of the molecule is COCO[C@@H](c1cccc(I)c1)[C@H](C)OC(N)=O. The first-order valence-electron chi connectivity index (χ1n) is 5.36. The number of ether oxygens (including phenoxy) is 3. The molecule has 18 heavy (non-hydrogen) atoms. The van der Waals surface area contributed by atoms with Crippen molar-refractivity contribution in [2.24, 2.45) is 5.73 Å². The van der Waals surface area contributed by atoms with Gasteiger partial charge in [-0.1, -0.05) is 12.1 Å². The summed E-state index contributed by atoms with van der Waals surface area (Å²) < 4.78 is 16.5. The molecule has 0 aliphatic carbocycles. The number of methoxy groups -OCH3 is 1. The van der Waals surface area contributed by atoms with E-state index in [0.717, 1.165) is 9.13 Å². The number of benzene rings is 1. The molecule has 2 atom stereocenters. The largest absolute Gasteiger partial charge is 0.444 e. The summed E-state index contributed by atoms with van der Waals surface area (Å²) in [5, 5.41) is 0. The Labute approximate surface area is 120 Å². The van der Waals surface area contributed by atoms with Crippen molar-refractivity contribution in [1.82, 2.24) is 0 Å². The third-order valence-corrected chi connectivity index (χ3v) is 2.94. The van der Waals surface area contributed by atoms with Crippen LogP contribution < -0.4 is 5.73 Å². The molecule has 0 unspecified atom stereocenters. The summed E-state index contributed by atoms with van der Waals surface area (Å²) in [5.41, 5.74) is 5.93. The number of hydrogen-bond acceptors (Lipinski definition) is 4. The van der Waals surface area contributed by atoms with Crippen LogP contribution in [0.4, 0.5) is 4.79 Å². The van der Waals surface area contributed by atoms with E-state index in [-0.39, 0.29) is 6.79 Å². The van der Waals surface area contributed by atoms with Gasteiger partial charge in [0.1, 0.15) is 19.0 Å². The summed E-state index contributed by atoms with van der Waals surface area (Å²) in [6, 6.07) is 7.75. The second kappa shape index (κ2) is 7.55. The van der Waals surface area contributed by atoms with E-state index in [2.05, 4.69) is 22.6 Å². The summed E-state index contributed by atoms with van der Waals surface area (Å²) in [5.74, 6) is 0. The van der Waals surface area contributed by atoms with Crippen molar-refractivity contribution in [1.29, 1.82) is 0 Å². The minimum absolute atomic E-state index is 0.114. The number of amides is 1. The van der Waals surface area contributed by atoms with Gasteiger partial charge >= 0.3 is 6.09 Å². The maximum Gasteiger partial charge on any atom is 0.404 e. The Morgan fingerprint density at radius 1 is 1.50 bits per heavy atom. The lowest BCUT2D eigenvalue weighted by molar-refractivity contribution is -0.111. The van der Waals surface area contributed by atoms with Gasteiger partial charge in [0.25, 0.3) is 0 Å². The molecule has 0 aromatic heterocycles. The van der Waals surface area contributed by atoms with Crippen LogP contribution in [0.15, 0.2) is 24.3 Å². The highest BCUT2D eigenvalue weighted by Gasteiger charge is 2.23. The van der Waals surface area contributed by atoms with Gasteiger partial charge in [0, 0.05) is 10.7 Å². The molecule has 0 saturated carbocycles. The number of carbonyl (C=O) groups excluding carboxylic acids is 1. The maximum atomic E-state index is 10.8. The molecular formula is C12H16INO4. The molecule has 0 heterocycles. The third-order valence-electron chi connectivity index (χ3n) is 2.27. The summed E-state index contributed by atoms with van der Waals surface area (Å²) >= 11 is 2.21. The lowest BCUT2D eigenvalue weighted by atomic mass is 10.1. The molecular weight excluding hydrogens is 349 g/mol. The zero-order valence-electron chi connectivity index (χ0n) is 10.3. The number of primary amides is 1. The maximum absolute atomic E-state index is 10.8. The number of nitrogens with two attached hydrogens (primary N) is 1. The predicted octanol–water partition coefficient (Wildman–Crippen LogP) is 2.44. The Morgan fingerprint density at radius 3 is 2.78 bits per heavy atom. The molecule has 5 nitrogen and oxygen atoms in total. The smallest absolute Gasteiger partial charge is 0.404 e. The number of hydrogen-bond donors (Lipinski definition) is 1. The van der Waals surface area contributed by atoms with Gasteiger partial charge in [-0.2, -0.15) is 0 Å². The van der Waals surface area contributed by atoms with Gasteiger partial charge in [0.15, 0.2) is 0 Å². The second-order valence-electron chi connectivity index (χ2n) is 3.69. The lowest BCUT2D eigenvalue weighted by Crippen LogP contribution is -2.28. The van der Waals surface area contributed by atoms with Crippen molar-refractivity contribution in [3.8, 4) is 0 Å². The van der Waals surface area contributed by atoms with E-state index >= 15 is 0 Å². The van der Waals surface area contributed by atoms with Crippen LogP contribution in [0.3, 0.4) is 0 Å². The van der Waals surface area contributed by atoms with E-state index in [0.29, 0.717) is 0 Å². The Morgan fingerprint density at radius 2 is 2.22 bits per heavy atom. The molecule has 2 N–H and O–H groups in total. The third kappa shape index (κ3) is 4.79. The Bertz CT molecular complexity index is 399. The van der Waals surface area contributed by atoms with Gasteiger partial charge in [-0.3, -0.25) is 0 Å². The first-order chi connectivity index (χ1) is 8.54. The van der Waals surface area contributed by atoms with Crippen LogP contribution in [0.25, 0.3) is 0 Å². The summed E-state index contributed by atoms with van der Waals surface area (Å²) in [7, 11) is 1.53. The zero-order chi connectivity index (χ0) is 13.5. The molecule has 1 aromatic rings. The fourth-order valence-corrected chi connectivity index (χ4v) is 2.14. The average Bonchev–Trinajstić information content (AvgIpc) is 2.28. The molecule has 0 bridgehead atoms. The van der Waals surface area contributed by atoms with Crippen LogP contribution in [0.2, 0.25) is 0 Å². The Balaban J connectivity index is 2.86. The highest BCUT2D eigenvalue weighted by molar-refractivity contribution is 14.1. The molecule has 0 spiro atoms. The molecule has 0 radical (unpaired) electrons. The van der Waals surface area contributed by atoms with Crippen LogP contribution in [0.1, 0.15) is 18.6 Å². The molecule has 0 aliphatic rings. The standard InChI is InChI=1S/C12H16INO4/c1-8(18-12(14)15)11(17-7-16-2)9-4-3-5-10(13)6-9/h3-6,8,11H,7H2,1-2H3,(H2,14,15)/t8-,11+/m0/s1. The van der Waals surface area contributed by atoms with Gasteiger partial charge in [0.05, 0.1) is 0 Å². The van der Waals surface area contributed by atoms with Crippen LogP contribution >= 0.6 is 22.6 Å². The monoisotopic (exact) mass is 365 g/mol. The van der Waals surface area contributed by atoms with Crippen LogP contribution in [0.5, 0.6) is 0 Å². The van der Waals surface area contributed by atoms with Gasteiger partial charge < -0.3 is 19.9 Å². The van der Waals surface area contributed by atoms with E-state index in [1.54, 1.807) is 6.92 Å². The van der Waals surface area contributed by atoms with Crippen molar-refractivity contribution in [2.45, 2.75) is 19.1 Å². The molecule has 100 valence electrons. The first-order valence-corrected chi connectivity index (χ1v) is 6.44. The van der Waals surface area contributed by atoms with Crippen molar-refractivity contribution >= 4 is 28.7 Å². The minimum Gasteiger partial charge on any atom is -0.444 e. The van der Waals surface area contributed by atoms with Crippen molar-refractivity contribution < 1.29 is 19.0 Å². The molecule has 0 aliphatic heterocycles. The highest BCUT2D eigenvalue weighted by Crippen LogP contribution is 2.24. The fourth-order valence-electron chi connectivity index (χ4n) is 1.57. The van der Waals surface area contributed by atoms with E-state index in [1.807, 2.05) is 24.3 Å². The molecule has 1 amide bonds. The number of carbonyl (C=O) groups is 1. The summed E-state index contributed by atoms with van der Waals surface area (Å²) in [6.45, 7) is 1.84. The van der Waals surface area contributed by atoms with Gasteiger partial charge in [-0.05, 0) is 47.2 Å². The summed E-state index contributed by atoms with van der Waals surface area (Å²) in [4.78, 5) is 10.8. The molecule has 0 saturated heterocycles. The Kier molecular flexibility index (Phi) is 6.37. The van der Waals surface area contributed by atoms with E-state index in [4.69, 9.17) is 19.9 Å². The Hall–Kier alpha value is -0.860.